The van der Waals surface area contributed by atoms with Crippen LogP contribution in [0, 0.1) is 0 Å². The van der Waals surface area contributed by atoms with Gasteiger partial charge < -0.3 is 20.6 Å². The quantitative estimate of drug-likeness (QED) is 0.0361. The van der Waals surface area contributed by atoms with Crippen LogP contribution in [0.1, 0.15) is 322 Å². The molecule has 5 heteroatoms. The van der Waals surface area contributed by atoms with Crippen LogP contribution in [0.4, 0.5) is 0 Å². The third kappa shape index (κ3) is 50.4. The third-order valence-electron chi connectivity index (χ3n) is 13.9. The van der Waals surface area contributed by atoms with E-state index in [2.05, 4.69) is 55.6 Å². The molecule has 3 unspecified atom stereocenters. The molecule has 1 amide bonds. The maximum atomic E-state index is 12.5. The van der Waals surface area contributed by atoms with Crippen molar-refractivity contribution in [1.82, 2.24) is 5.32 Å². The second-order valence-corrected chi connectivity index (χ2v) is 20.5. The van der Waals surface area contributed by atoms with Gasteiger partial charge >= 0.3 is 0 Å². The smallest absolute Gasteiger partial charge is 0.220 e. The summed E-state index contributed by atoms with van der Waals surface area (Å²) < 4.78 is 0. The lowest BCUT2D eigenvalue weighted by molar-refractivity contribution is -0.124. The minimum absolute atomic E-state index is 0.154. The van der Waals surface area contributed by atoms with Crippen LogP contribution >= 0.6 is 0 Å². The summed E-state index contributed by atoms with van der Waals surface area (Å²) in [6.07, 6.45) is 73.2. The predicted molar refractivity (Wildman–Crippen MR) is 291 cm³/mol. The Morgan fingerprint density at radius 1 is 0.364 bits per heavy atom. The lowest BCUT2D eigenvalue weighted by Crippen LogP contribution is -2.50. The number of aliphatic hydroxyl groups is 3. The van der Waals surface area contributed by atoms with Gasteiger partial charge in [-0.25, -0.2) is 0 Å². The van der Waals surface area contributed by atoms with Crippen LogP contribution in [-0.4, -0.2) is 46.1 Å². The average molecular weight is 929 g/mol. The molecule has 0 saturated carbocycles. The number of aliphatic hydroxyl groups excluding tert-OH is 3. The van der Waals surface area contributed by atoms with E-state index < -0.39 is 18.2 Å². The van der Waals surface area contributed by atoms with Gasteiger partial charge in [-0.2, -0.15) is 0 Å². The summed E-state index contributed by atoms with van der Waals surface area (Å²) in [4.78, 5) is 12.5. The molecule has 0 aromatic carbocycles. The number of allylic oxidation sites excluding steroid dienone is 6. The molecule has 5 nitrogen and oxygen atoms in total. The number of rotatable bonds is 55. The van der Waals surface area contributed by atoms with Crippen LogP contribution < -0.4 is 5.32 Å². The first kappa shape index (κ1) is 64.6. The Morgan fingerprint density at radius 2 is 0.621 bits per heavy atom. The van der Waals surface area contributed by atoms with Crippen LogP contribution in [0.3, 0.4) is 0 Å². The third-order valence-corrected chi connectivity index (χ3v) is 13.9. The number of nitrogens with one attached hydrogen (secondary N) is 1. The van der Waals surface area contributed by atoms with Crippen LogP contribution in [0.2, 0.25) is 0 Å². The normalized spacial score (nSPS) is 13.5. The van der Waals surface area contributed by atoms with Gasteiger partial charge in [0.1, 0.15) is 6.10 Å². The van der Waals surface area contributed by atoms with Crippen molar-refractivity contribution < 1.29 is 20.1 Å². The molecule has 4 N–H and O–H groups in total. The molecule has 0 saturated heterocycles. The van der Waals surface area contributed by atoms with E-state index in [-0.39, 0.29) is 12.5 Å². The van der Waals surface area contributed by atoms with Crippen molar-refractivity contribution in [2.75, 3.05) is 6.61 Å². The molecule has 0 radical (unpaired) electrons. The fourth-order valence-corrected chi connectivity index (χ4v) is 9.35. The molecule has 3 atom stereocenters. The van der Waals surface area contributed by atoms with E-state index in [4.69, 9.17) is 0 Å². The summed E-state index contributed by atoms with van der Waals surface area (Å²) in [6, 6.07) is -0.833. The van der Waals surface area contributed by atoms with E-state index in [1.165, 1.54) is 250 Å². The Kier molecular flexibility index (Phi) is 54.9. The summed E-state index contributed by atoms with van der Waals surface area (Å²) in [5, 5.41) is 33.8. The number of unbranched alkanes of at least 4 members (excludes halogenated alkanes) is 41. The monoisotopic (exact) mass is 928 g/mol. The van der Waals surface area contributed by atoms with Gasteiger partial charge in [-0.3, -0.25) is 4.79 Å². The first-order chi connectivity index (χ1) is 32.6. The number of hydrogen-bond acceptors (Lipinski definition) is 4. The van der Waals surface area contributed by atoms with E-state index in [0.29, 0.717) is 12.8 Å². The Balaban J connectivity index is 3.56. The molecule has 0 spiro atoms. The van der Waals surface area contributed by atoms with E-state index in [0.717, 1.165) is 44.9 Å². The molecule has 0 aliphatic carbocycles. The van der Waals surface area contributed by atoms with Crippen LogP contribution in [-0.2, 0) is 4.79 Å². The average Bonchev–Trinajstić information content (AvgIpc) is 3.32. The van der Waals surface area contributed by atoms with Crippen molar-refractivity contribution in [3.05, 3.63) is 36.5 Å². The first-order valence-electron chi connectivity index (χ1n) is 29.8. The molecule has 0 aromatic rings. The minimum atomic E-state index is -1.17. The van der Waals surface area contributed by atoms with Crippen molar-refractivity contribution in [2.45, 2.75) is 340 Å². The van der Waals surface area contributed by atoms with Crippen LogP contribution in [0.25, 0.3) is 0 Å². The zero-order valence-corrected chi connectivity index (χ0v) is 44.6. The molecule has 390 valence electrons. The lowest BCUT2D eigenvalue weighted by Gasteiger charge is -2.26. The molecule has 0 aliphatic rings. The number of hydrogen-bond donors (Lipinski definition) is 4. The van der Waals surface area contributed by atoms with Crippen molar-refractivity contribution in [3.63, 3.8) is 0 Å². The molecular formula is C61H117NO4. The van der Waals surface area contributed by atoms with E-state index in [1.807, 2.05) is 0 Å². The lowest BCUT2D eigenvalue weighted by atomic mass is 10.0. The summed E-state index contributed by atoms with van der Waals surface area (Å²) >= 11 is 0. The van der Waals surface area contributed by atoms with Gasteiger partial charge in [0, 0.05) is 6.42 Å². The van der Waals surface area contributed by atoms with E-state index in [1.54, 1.807) is 0 Å². The maximum absolute atomic E-state index is 12.5. The molecule has 0 aromatic heterocycles. The van der Waals surface area contributed by atoms with Crippen LogP contribution in [0.15, 0.2) is 36.5 Å². The summed E-state index contributed by atoms with van der Waals surface area (Å²) in [7, 11) is 0. The van der Waals surface area contributed by atoms with Gasteiger partial charge in [0.2, 0.25) is 5.91 Å². The molecular weight excluding hydrogens is 811 g/mol. The summed E-state index contributed by atoms with van der Waals surface area (Å²) in [6.45, 7) is 4.20. The Morgan fingerprint density at radius 3 is 0.924 bits per heavy atom. The molecule has 66 heavy (non-hydrogen) atoms. The highest BCUT2D eigenvalue weighted by molar-refractivity contribution is 5.76. The fourth-order valence-electron chi connectivity index (χ4n) is 9.35. The van der Waals surface area contributed by atoms with E-state index in [9.17, 15) is 20.1 Å². The van der Waals surface area contributed by atoms with Crippen molar-refractivity contribution in [1.29, 1.82) is 0 Å². The Labute approximate surface area is 413 Å². The van der Waals surface area contributed by atoms with Crippen molar-refractivity contribution >= 4 is 5.91 Å². The standard InChI is InChI=1S/C61H117NO4/c1-3-5-7-9-11-13-15-17-19-21-23-25-27-28-29-30-31-32-33-34-36-38-40-42-44-46-48-50-52-54-56-60(65)62-58(57-63)61(66)59(64)55-53-51-49-47-45-43-41-39-37-35-26-24-22-20-18-16-14-12-10-8-6-4-2/h28-29,39,41,47,49,58-59,61,63-64,66H,3-27,30-38,40,42-46,48,50-57H2,1-2H3,(H,62,65)/b29-28-,41-39+,49-47+. The number of carbonyl (C=O) groups is 1. The van der Waals surface area contributed by atoms with Gasteiger partial charge in [0.05, 0.1) is 18.8 Å². The van der Waals surface area contributed by atoms with Gasteiger partial charge in [-0.1, -0.05) is 275 Å². The minimum Gasteiger partial charge on any atom is -0.394 e. The highest BCUT2D eigenvalue weighted by Gasteiger charge is 2.26. The first-order valence-corrected chi connectivity index (χ1v) is 29.8. The van der Waals surface area contributed by atoms with Gasteiger partial charge in [-0.05, 0) is 77.0 Å². The second kappa shape index (κ2) is 56.2. The van der Waals surface area contributed by atoms with Crippen molar-refractivity contribution in [2.24, 2.45) is 0 Å². The molecule has 0 rings (SSSR count). The predicted octanol–water partition coefficient (Wildman–Crippen LogP) is 18.6. The summed E-state index contributed by atoms with van der Waals surface area (Å²) in [5.74, 6) is -0.154. The van der Waals surface area contributed by atoms with Crippen molar-refractivity contribution in [3.8, 4) is 0 Å². The topological polar surface area (TPSA) is 89.8 Å². The maximum Gasteiger partial charge on any atom is 0.220 e. The molecule has 0 aliphatic heterocycles. The zero-order chi connectivity index (χ0) is 47.9. The number of carbonyl (C=O) groups excluding carboxylic acids is 1. The second-order valence-electron chi connectivity index (χ2n) is 20.5. The van der Waals surface area contributed by atoms with Gasteiger partial charge in [0.15, 0.2) is 0 Å². The molecule has 0 fully saturated rings. The highest BCUT2D eigenvalue weighted by atomic mass is 16.3. The van der Waals surface area contributed by atoms with Gasteiger partial charge in [0.25, 0.3) is 0 Å². The fraction of sp³-hybridized carbons (Fsp3) is 0.885. The molecule has 0 heterocycles. The van der Waals surface area contributed by atoms with Gasteiger partial charge in [-0.15, -0.1) is 0 Å². The Hall–Kier alpha value is -1.43. The highest BCUT2D eigenvalue weighted by Crippen LogP contribution is 2.17. The molecule has 0 bridgehead atoms. The largest absolute Gasteiger partial charge is 0.394 e. The van der Waals surface area contributed by atoms with E-state index >= 15 is 0 Å². The Bertz CT molecular complexity index is 1020. The number of amides is 1. The summed E-state index contributed by atoms with van der Waals surface area (Å²) in [5.41, 5.74) is 0. The SMILES string of the molecule is CCCCCCCCCCCCCC/C=C\CCCCCCCCCCCCCCCCC(=O)NC(CO)C(O)C(O)CCC/C=C/CC/C=C/CCCCCCCCCCCCCCC. The zero-order valence-electron chi connectivity index (χ0n) is 44.6. The van der Waals surface area contributed by atoms with Crippen LogP contribution in [0.5, 0.6) is 0 Å².